The van der Waals surface area contributed by atoms with E-state index in [-0.39, 0.29) is 0 Å². The van der Waals surface area contributed by atoms with E-state index >= 15 is 0 Å². The third kappa shape index (κ3) is 6.12. The summed E-state index contributed by atoms with van der Waals surface area (Å²) in [6.45, 7) is 13.2. The van der Waals surface area contributed by atoms with Gasteiger partial charge >= 0.3 is 96.7 Å². The summed E-state index contributed by atoms with van der Waals surface area (Å²) in [5.41, 5.74) is 1.10. The molecule has 0 saturated carbocycles. The molecule has 2 nitrogen and oxygen atoms in total. The van der Waals surface area contributed by atoms with Crippen LogP contribution in [0.3, 0.4) is 0 Å². The van der Waals surface area contributed by atoms with Crippen molar-refractivity contribution < 1.29 is 19.4 Å². The monoisotopic (exact) mass is 403 g/mol. The van der Waals surface area contributed by atoms with Crippen molar-refractivity contribution in [1.82, 2.24) is 5.01 Å². The minimum atomic E-state index is 0.572. The molecule has 17 heavy (non-hydrogen) atoms. The van der Waals surface area contributed by atoms with E-state index in [4.69, 9.17) is 0 Å². The Labute approximate surface area is 117 Å². The van der Waals surface area contributed by atoms with Crippen LogP contribution in [0.5, 0.6) is 0 Å². The molecule has 1 atom stereocenters. The molecule has 96 valence electrons. The first kappa shape index (κ1) is 16.5. The van der Waals surface area contributed by atoms with Crippen molar-refractivity contribution in [2.24, 2.45) is 16.9 Å². The SMILES string of the molecule is C=C/C(=C\[CH]=[W])N1CC(C(C)C)C=N1.C[CH-]C. The van der Waals surface area contributed by atoms with Crippen LogP contribution in [-0.4, -0.2) is 22.2 Å². The van der Waals surface area contributed by atoms with Gasteiger partial charge in [-0.3, -0.25) is 0 Å². The largest absolute Gasteiger partial charge is 0.335 e. The molecule has 0 fully saturated rings. The van der Waals surface area contributed by atoms with Gasteiger partial charge in [0.2, 0.25) is 0 Å². The summed E-state index contributed by atoms with van der Waals surface area (Å²) in [4.78, 5) is 0. The molecule has 0 aromatic heterocycles. The van der Waals surface area contributed by atoms with Gasteiger partial charge in [0.1, 0.15) is 0 Å². The fraction of sp³-hybridized carbons (Fsp3) is 0.500. The second-order valence-corrected chi connectivity index (χ2v) is 5.24. The molecule has 0 aromatic carbocycles. The number of hydrogen-bond donors (Lipinski definition) is 0. The Morgan fingerprint density at radius 1 is 1.59 bits per heavy atom. The van der Waals surface area contributed by atoms with Crippen LogP contribution in [0.25, 0.3) is 0 Å². The van der Waals surface area contributed by atoms with Gasteiger partial charge in [0.15, 0.2) is 0 Å². The Morgan fingerprint density at radius 3 is 2.53 bits per heavy atom. The molecular formula is C14H23N2W-. The van der Waals surface area contributed by atoms with Crippen molar-refractivity contribution >= 4 is 10.6 Å². The number of hydrogen-bond acceptors (Lipinski definition) is 2. The van der Waals surface area contributed by atoms with E-state index in [1.54, 1.807) is 0 Å². The Hall–Kier alpha value is -0.492. The van der Waals surface area contributed by atoms with E-state index in [0.29, 0.717) is 11.8 Å². The van der Waals surface area contributed by atoms with Gasteiger partial charge in [-0.25, -0.2) is 0 Å². The molecule has 0 aliphatic carbocycles. The van der Waals surface area contributed by atoms with Crippen molar-refractivity contribution in [3.8, 4) is 0 Å². The maximum absolute atomic E-state index is 4.39. The summed E-state index contributed by atoms with van der Waals surface area (Å²) >= 11 is 1.45. The summed E-state index contributed by atoms with van der Waals surface area (Å²) in [5, 5.41) is 6.41. The molecule has 3 heteroatoms. The zero-order valence-corrected chi connectivity index (χ0v) is 14.2. The predicted molar refractivity (Wildman–Crippen MR) is 73.5 cm³/mol. The van der Waals surface area contributed by atoms with Crippen LogP contribution in [0.4, 0.5) is 0 Å². The molecule has 0 radical (unpaired) electrons. The van der Waals surface area contributed by atoms with Gasteiger partial charge in [0.25, 0.3) is 0 Å². The smallest absolute Gasteiger partial charge is 0.192 e. The molecule has 0 N–H and O–H groups in total. The van der Waals surface area contributed by atoms with Crippen LogP contribution >= 0.6 is 0 Å². The Bertz CT molecular complexity index is 293. The number of hydrazone groups is 1. The molecular weight excluding hydrogens is 380 g/mol. The summed E-state index contributed by atoms with van der Waals surface area (Å²) in [5.74, 6) is 1.23. The molecule has 1 heterocycles. The normalized spacial score (nSPS) is 19.0. The second-order valence-electron chi connectivity index (χ2n) is 4.26. The van der Waals surface area contributed by atoms with Crippen LogP contribution in [-0.2, 0) is 19.4 Å². The van der Waals surface area contributed by atoms with Crippen LogP contribution in [0, 0.1) is 18.3 Å². The van der Waals surface area contributed by atoms with Crippen LogP contribution in [0.2, 0.25) is 0 Å². The summed E-state index contributed by atoms with van der Waals surface area (Å²) < 4.78 is 2.09. The van der Waals surface area contributed by atoms with Crippen molar-refractivity contribution in [3.05, 3.63) is 30.8 Å². The zero-order valence-electron chi connectivity index (χ0n) is 11.3. The minimum Gasteiger partial charge on any atom is -0.335 e. The first-order chi connectivity index (χ1) is 8.10. The first-order valence-electron chi connectivity index (χ1n) is 5.94. The predicted octanol–water partition coefficient (Wildman–Crippen LogP) is 3.21. The summed E-state index contributed by atoms with van der Waals surface area (Å²) in [7, 11) is 0. The van der Waals surface area contributed by atoms with Gasteiger partial charge in [-0.05, 0) is 0 Å². The molecule has 0 bridgehead atoms. The molecule has 1 aliphatic heterocycles. The molecule has 1 rings (SSSR count). The third-order valence-corrected chi connectivity index (χ3v) is 2.87. The number of rotatable bonds is 4. The first-order valence-corrected chi connectivity index (χ1v) is 7.63. The average Bonchev–Trinajstić information content (AvgIpc) is 2.76. The molecule has 0 spiro atoms. The number of allylic oxidation sites excluding steroid dienone is 2. The van der Waals surface area contributed by atoms with E-state index in [2.05, 4.69) is 36.0 Å². The molecule has 0 aromatic rings. The Balaban J connectivity index is 0.000000770. The molecule has 0 amide bonds. The molecule has 1 aliphatic rings. The van der Waals surface area contributed by atoms with Crippen LogP contribution in [0.15, 0.2) is 29.5 Å². The molecule has 1 unspecified atom stereocenters. The van der Waals surface area contributed by atoms with Gasteiger partial charge in [-0.15, -0.1) is 0 Å². The topological polar surface area (TPSA) is 15.6 Å². The zero-order chi connectivity index (χ0) is 13.3. The fourth-order valence-electron chi connectivity index (χ4n) is 1.34. The Morgan fingerprint density at radius 2 is 2.18 bits per heavy atom. The molecule has 0 saturated heterocycles. The van der Waals surface area contributed by atoms with Crippen molar-refractivity contribution in [3.63, 3.8) is 0 Å². The number of nitrogens with zero attached hydrogens (tertiary/aromatic N) is 2. The van der Waals surface area contributed by atoms with Crippen LogP contribution < -0.4 is 0 Å². The van der Waals surface area contributed by atoms with Crippen molar-refractivity contribution in [2.75, 3.05) is 6.54 Å². The quantitative estimate of drug-likeness (QED) is 0.520. The summed E-state index contributed by atoms with van der Waals surface area (Å²) in [6.07, 6.45) is 7.98. The van der Waals surface area contributed by atoms with Crippen LogP contribution in [0.1, 0.15) is 27.7 Å². The van der Waals surface area contributed by atoms with Crippen molar-refractivity contribution in [2.45, 2.75) is 27.7 Å². The maximum Gasteiger partial charge on any atom is -0.192 e. The van der Waals surface area contributed by atoms with Gasteiger partial charge in [0, 0.05) is 0 Å². The van der Waals surface area contributed by atoms with Gasteiger partial charge in [-0.1, -0.05) is 0 Å². The van der Waals surface area contributed by atoms with Gasteiger partial charge in [-0.2, -0.15) is 13.8 Å². The van der Waals surface area contributed by atoms with E-state index in [1.807, 2.05) is 37.6 Å². The fourth-order valence-corrected chi connectivity index (χ4v) is 1.85. The average molecular weight is 403 g/mol. The second kappa shape index (κ2) is 9.53. The van der Waals surface area contributed by atoms with E-state index in [9.17, 15) is 0 Å². The third-order valence-electron chi connectivity index (χ3n) is 2.38. The van der Waals surface area contributed by atoms with Crippen molar-refractivity contribution in [1.29, 1.82) is 0 Å². The summed E-state index contributed by atoms with van der Waals surface area (Å²) in [6, 6.07) is 0. The minimum absolute atomic E-state index is 0.572. The Kier molecular flexibility index (Phi) is 9.25. The maximum atomic E-state index is 4.39. The standard InChI is InChI=1S/C11H16N2.C3H7.W/c1-5-11(6-2)13-8-10(7-12-13)9(3)4;1-3-2;/h1,5-7,9-10H,2,8H2,3-4H3;3H,1-2H3;/q;-1;/b11-5+;;. The van der Waals surface area contributed by atoms with Gasteiger partial charge in [0.05, 0.1) is 0 Å². The van der Waals surface area contributed by atoms with E-state index < -0.39 is 0 Å². The van der Waals surface area contributed by atoms with Gasteiger partial charge < -0.3 is 6.42 Å². The van der Waals surface area contributed by atoms with E-state index in [0.717, 1.165) is 12.2 Å². The van der Waals surface area contributed by atoms with E-state index in [1.165, 1.54) is 19.4 Å².